The maximum Gasteiger partial charge on any atom is 0.270 e. The van der Waals surface area contributed by atoms with Crippen LogP contribution >= 0.6 is 24.0 Å². The van der Waals surface area contributed by atoms with E-state index in [4.69, 9.17) is 17.0 Å². The first-order valence-corrected chi connectivity index (χ1v) is 12.8. The van der Waals surface area contributed by atoms with Crippen molar-refractivity contribution in [2.75, 3.05) is 16.8 Å². The lowest BCUT2D eigenvalue weighted by atomic mass is 10.1. The van der Waals surface area contributed by atoms with E-state index in [-0.39, 0.29) is 18.4 Å². The van der Waals surface area contributed by atoms with Gasteiger partial charge in [-0.25, -0.2) is 0 Å². The normalized spacial score (nSPS) is 14.5. The first kappa shape index (κ1) is 25.7. The van der Waals surface area contributed by atoms with E-state index in [9.17, 15) is 9.59 Å². The minimum Gasteiger partial charge on any atom is -0.484 e. The Kier molecular flexibility index (Phi) is 7.62. The first-order chi connectivity index (χ1) is 17.1. The third-order valence-electron chi connectivity index (χ3n) is 5.88. The number of carbonyl (C=O) groups excluding carboxylic acids is 2. The van der Waals surface area contributed by atoms with Gasteiger partial charge in [0.1, 0.15) is 5.75 Å². The van der Waals surface area contributed by atoms with Crippen molar-refractivity contribution in [3.63, 3.8) is 0 Å². The monoisotopic (exact) mass is 516 g/mol. The first-order valence-electron chi connectivity index (χ1n) is 11.6. The second-order valence-electron chi connectivity index (χ2n) is 8.99. The molecule has 0 atom stereocenters. The van der Waals surface area contributed by atoms with Crippen LogP contribution in [0.4, 0.5) is 11.4 Å². The fourth-order valence-electron chi connectivity index (χ4n) is 4.24. The Bertz CT molecular complexity index is 1370. The highest BCUT2D eigenvalue weighted by atomic mass is 32.2. The van der Waals surface area contributed by atoms with Gasteiger partial charge in [0.2, 0.25) is 0 Å². The van der Waals surface area contributed by atoms with Gasteiger partial charge in [-0.15, -0.1) is 0 Å². The zero-order chi connectivity index (χ0) is 26.0. The molecule has 7 heteroatoms. The zero-order valence-electron chi connectivity index (χ0n) is 21.0. The summed E-state index contributed by atoms with van der Waals surface area (Å²) in [6.07, 6.45) is 1.82. The summed E-state index contributed by atoms with van der Waals surface area (Å²) in [5.74, 6) is 0.224. The molecular formula is C29H28N2O3S2. The molecule has 4 rings (SSSR count). The SMILES string of the molecule is Cc1ccc(N2C(=O)/C(=C/c3ccc(OCC(=O)Nc4c(C)cc(C)cc4C)cc3)SC2=S)c(C)c1. The van der Waals surface area contributed by atoms with Crippen LogP contribution < -0.4 is 15.0 Å². The standard InChI is InChI=1S/C29H28N2O3S2/c1-17-6-11-24(19(3)12-17)31-28(33)25(36-29(31)35)15-22-7-9-23(10-8-22)34-16-26(32)30-27-20(4)13-18(2)14-21(27)5/h6-15H,16H2,1-5H3,(H,30,32)/b25-15-. The largest absolute Gasteiger partial charge is 0.484 e. The molecule has 1 N–H and O–H groups in total. The van der Waals surface area contributed by atoms with Gasteiger partial charge in [0.25, 0.3) is 11.8 Å². The van der Waals surface area contributed by atoms with Gasteiger partial charge in [-0.2, -0.15) is 0 Å². The maximum atomic E-state index is 13.1. The van der Waals surface area contributed by atoms with E-state index >= 15 is 0 Å². The second kappa shape index (κ2) is 10.7. The Labute approximate surface area is 221 Å². The molecule has 1 fully saturated rings. The fraction of sp³-hybridized carbons (Fsp3) is 0.207. The molecule has 0 aromatic heterocycles. The van der Waals surface area contributed by atoms with Crippen molar-refractivity contribution in [3.8, 4) is 5.75 Å². The minimum absolute atomic E-state index is 0.0966. The average Bonchev–Trinajstić information content (AvgIpc) is 3.08. The van der Waals surface area contributed by atoms with E-state index in [1.165, 1.54) is 11.8 Å². The van der Waals surface area contributed by atoms with Crippen molar-refractivity contribution in [2.45, 2.75) is 34.6 Å². The van der Waals surface area contributed by atoms with Crippen LogP contribution in [-0.2, 0) is 9.59 Å². The summed E-state index contributed by atoms with van der Waals surface area (Å²) >= 11 is 6.79. The molecule has 1 aliphatic rings. The molecule has 0 unspecified atom stereocenters. The molecule has 0 bridgehead atoms. The van der Waals surface area contributed by atoms with Crippen molar-refractivity contribution >= 4 is 57.6 Å². The van der Waals surface area contributed by atoms with Crippen LogP contribution in [-0.4, -0.2) is 22.7 Å². The molecule has 3 aromatic rings. The number of ether oxygens (including phenoxy) is 1. The van der Waals surface area contributed by atoms with Gasteiger partial charge in [0, 0.05) is 5.69 Å². The van der Waals surface area contributed by atoms with E-state index in [2.05, 4.69) is 5.32 Å². The number of aryl methyl sites for hydroxylation is 5. The summed E-state index contributed by atoms with van der Waals surface area (Å²) in [5.41, 5.74) is 7.82. The Morgan fingerprint density at radius 1 is 0.944 bits per heavy atom. The van der Waals surface area contributed by atoms with Gasteiger partial charge in [0.05, 0.1) is 10.6 Å². The summed E-state index contributed by atoms with van der Waals surface area (Å²) in [6.45, 7) is 9.89. The van der Waals surface area contributed by atoms with E-state index < -0.39 is 0 Å². The van der Waals surface area contributed by atoms with E-state index in [1.54, 1.807) is 17.0 Å². The number of thioether (sulfide) groups is 1. The third-order valence-corrected chi connectivity index (χ3v) is 7.18. The van der Waals surface area contributed by atoms with Gasteiger partial charge in [-0.1, -0.05) is 71.5 Å². The number of nitrogens with one attached hydrogen (secondary N) is 1. The summed E-state index contributed by atoms with van der Waals surface area (Å²) in [5, 5.41) is 2.94. The predicted molar refractivity (Wildman–Crippen MR) is 153 cm³/mol. The molecule has 0 spiro atoms. The van der Waals surface area contributed by atoms with Crippen molar-refractivity contribution in [3.05, 3.63) is 92.9 Å². The van der Waals surface area contributed by atoms with Gasteiger partial charge in [-0.3, -0.25) is 14.5 Å². The summed E-state index contributed by atoms with van der Waals surface area (Å²) < 4.78 is 6.19. The third kappa shape index (κ3) is 5.69. The molecule has 1 aliphatic heterocycles. The van der Waals surface area contributed by atoms with Crippen LogP contribution in [0.25, 0.3) is 6.08 Å². The van der Waals surface area contributed by atoms with Crippen molar-refractivity contribution in [1.29, 1.82) is 0 Å². The number of thiocarbonyl (C=S) groups is 1. The molecule has 0 saturated carbocycles. The predicted octanol–water partition coefficient (Wildman–Crippen LogP) is 6.65. The molecule has 3 aromatic carbocycles. The number of amides is 2. The lowest BCUT2D eigenvalue weighted by molar-refractivity contribution is -0.118. The molecular weight excluding hydrogens is 488 g/mol. The highest BCUT2D eigenvalue weighted by molar-refractivity contribution is 8.27. The molecule has 1 heterocycles. The number of carbonyl (C=O) groups is 2. The van der Waals surface area contributed by atoms with Crippen LogP contribution in [0.3, 0.4) is 0 Å². The number of nitrogens with zero attached hydrogens (tertiary/aromatic N) is 1. The van der Waals surface area contributed by atoms with Crippen molar-refractivity contribution in [2.24, 2.45) is 0 Å². The van der Waals surface area contributed by atoms with E-state index in [1.807, 2.05) is 83.2 Å². The van der Waals surface area contributed by atoms with E-state index in [0.29, 0.717) is 15.0 Å². The number of benzene rings is 3. The Morgan fingerprint density at radius 2 is 1.58 bits per heavy atom. The van der Waals surface area contributed by atoms with E-state index in [0.717, 1.165) is 44.8 Å². The molecule has 1 saturated heterocycles. The van der Waals surface area contributed by atoms with Gasteiger partial charge in [0.15, 0.2) is 10.9 Å². The zero-order valence-corrected chi connectivity index (χ0v) is 22.6. The lowest BCUT2D eigenvalue weighted by Gasteiger charge is -2.17. The molecule has 0 radical (unpaired) electrons. The topological polar surface area (TPSA) is 58.6 Å². The number of anilines is 2. The summed E-state index contributed by atoms with van der Waals surface area (Å²) in [4.78, 5) is 27.7. The highest BCUT2D eigenvalue weighted by Gasteiger charge is 2.34. The van der Waals surface area contributed by atoms with Crippen LogP contribution in [0.15, 0.2) is 59.5 Å². The minimum atomic E-state index is -0.218. The smallest absolute Gasteiger partial charge is 0.270 e. The van der Waals surface area contributed by atoms with Gasteiger partial charge >= 0.3 is 0 Å². The Morgan fingerprint density at radius 3 is 2.22 bits per heavy atom. The van der Waals surface area contributed by atoms with Crippen molar-refractivity contribution < 1.29 is 14.3 Å². The quantitative estimate of drug-likeness (QED) is 0.294. The lowest BCUT2D eigenvalue weighted by Crippen LogP contribution is -2.28. The van der Waals surface area contributed by atoms with Crippen LogP contribution in [0.1, 0.15) is 33.4 Å². The Balaban J connectivity index is 1.39. The molecule has 184 valence electrons. The van der Waals surface area contributed by atoms with Crippen LogP contribution in [0.5, 0.6) is 5.75 Å². The fourth-order valence-corrected chi connectivity index (χ4v) is 5.53. The van der Waals surface area contributed by atoms with Crippen molar-refractivity contribution in [1.82, 2.24) is 0 Å². The average molecular weight is 517 g/mol. The number of hydrogen-bond acceptors (Lipinski definition) is 5. The second-order valence-corrected chi connectivity index (χ2v) is 10.7. The molecule has 2 amide bonds. The summed E-state index contributed by atoms with van der Waals surface area (Å²) in [7, 11) is 0. The molecule has 5 nitrogen and oxygen atoms in total. The van der Waals surface area contributed by atoms with Crippen LogP contribution in [0.2, 0.25) is 0 Å². The van der Waals surface area contributed by atoms with Gasteiger partial charge in [-0.05, 0) is 81.1 Å². The van der Waals surface area contributed by atoms with Gasteiger partial charge < -0.3 is 10.1 Å². The Hall–Kier alpha value is -3.42. The highest BCUT2D eigenvalue weighted by Crippen LogP contribution is 2.37. The molecule has 0 aliphatic carbocycles. The maximum absolute atomic E-state index is 13.1. The molecule has 36 heavy (non-hydrogen) atoms. The van der Waals surface area contributed by atoms with Crippen LogP contribution in [0, 0.1) is 34.6 Å². The number of hydrogen-bond donors (Lipinski definition) is 1. The summed E-state index contributed by atoms with van der Waals surface area (Å²) in [6, 6.07) is 17.3. The number of rotatable bonds is 6.